The quantitative estimate of drug-likeness (QED) is 0.770. The highest BCUT2D eigenvalue weighted by atomic mass is 16.2. The summed E-state index contributed by atoms with van der Waals surface area (Å²) in [7, 11) is 0. The summed E-state index contributed by atoms with van der Waals surface area (Å²) in [4.78, 5) is 18.9. The number of amides is 1. The average Bonchev–Trinajstić information content (AvgIpc) is 3.33. The molecule has 1 aliphatic rings. The number of benzene rings is 2. The lowest BCUT2D eigenvalue weighted by atomic mass is 10.1. The summed E-state index contributed by atoms with van der Waals surface area (Å²) in [5.74, 6) is -0.107. The Labute approximate surface area is 152 Å². The number of rotatable bonds is 5. The van der Waals surface area contributed by atoms with Gasteiger partial charge in [0, 0.05) is 24.5 Å². The van der Waals surface area contributed by atoms with Crippen molar-refractivity contribution in [3.63, 3.8) is 0 Å². The van der Waals surface area contributed by atoms with Crippen LogP contribution in [-0.2, 0) is 17.8 Å². The zero-order valence-electron chi connectivity index (χ0n) is 14.7. The van der Waals surface area contributed by atoms with E-state index in [9.17, 15) is 4.79 Å². The highest BCUT2D eigenvalue weighted by Gasteiger charge is 2.21. The molecule has 2 heterocycles. The van der Waals surface area contributed by atoms with Crippen LogP contribution in [0.25, 0.3) is 0 Å². The third-order valence-corrected chi connectivity index (χ3v) is 4.83. The van der Waals surface area contributed by atoms with Crippen molar-refractivity contribution >= 4 is 17.3 Å². The first-order valence-corrected chi connectivity index (χ1v) is 8.78. The van der Waals surface area contributed by atoms with Crippen LogP contribution < -0.4 is 10.2 Å². The Kier molecular flexibility index (Phi) is 4.39. The lowest BCUT2D eigenvalue weighted by Gasteiger charge is -2.22. The molecule has 0 saturated heterocycles. The Morgan fingerprint density at radius 2 is 2.00 bits per heavy atom. The van der Waals surface area contributed by atoms with Crippen LogP contribution in [0, 0.1) is 0 Å². The van der Waals surface area contributed by atoms with E-state index in [1.54, 1.807) is 11.0 Å². The first kappa shape index (κ1) is 16.3. The third kappa shape index (κ3) is 3.18. The van der Waals surface area contributed by atoms with Crippen molar-refractivity contribution in [2.75, 3.05) is 16.8 Å². The van der Waals surface area contributed by atoms with Crippen LogP contribution in [0.5, 0.6) is 0 Å². The second-order valence-corrected chi connectivity index (χ2v) is 6.50. The highest BCUT2D eigenvalue weighted by molar-refractivity contribution is 5.94. The van der Waals surface area contributed by atoms with Gasteiger partial charge in [0.2, 0.25) is 5.91 Å². The van der Waals surface area contributed by atoms with Gasteiger partial charge in [0.1, 0.15) is 18.7 Å². The maximum atomic E-state index is 12.6. The van der Waals surface area contributed by atoms with Crippen molar-refractivity contribution in [2.45, 2.75) is 25.9 Å². The number of nitrogens with one attached hydrogen (secondary N) is 1. The molecule has 26 heavy (non-hydrogen) atoms. The molecule has 0 radical (unpaired) electrons. The molecule has 0 bridgehead atoms. The van der Waals surface area contributed by atoms with Gasteiger partial charge in [0.05, 0.1) is 0 Å². The van der Waals surface area contributed by atoms with E-state index >= 15 is 0 Å². The highest BCUT2D eigenvalue weighted by Crippen LogP contribution is 2.30. The smallest absolute Gasteiger partial charge is 0.249 e. The van der Waals surface area contributed by atoms with Gasteiger partial charge in [0.15, 0.2) is 0 Å². The molecule has 6 nitrogen and oxygen atoms in total. The van der Waals surface area contributed by atoms with Crippen LogP contribution in [0.15, 0.2) is 61.2 Å². The first-order valence-electron chi connectivity index (χ1n) is 8.78. The normalized spacial score (nSPS) is 14.1. The van der Waals surface area contributed by atoms with Crippen LogP contribution in [0.1, 0.15) is 24.1 Å². The molecule has 1 aliphatic heterocycles. The number of hydrogen-bond acceptors (Lipinski definition) is 4. The Bertz CT molecular complexity index is 906. The molecule has 6 heteroatoms. The number of aromatic nitrogens is 3. The first-order chi connectivity index (χ1) is 12.7. The van der Waals surface area contributed by atoms with E-state index in [-0.39, 0.29) is 5.91 Å². The molecule has 1 N–H and O–H groups in total. The molecule has 4 rings (SSSR count). The molecule has 1 aromatic heterocycles. The van der Waals surface area contributed by atoms with Crippen LogP contribution in [-0.4, -0.2) is 27.2 Å². The van der Waals surface area contributed by atoms with Gasteiger partial charge in [0.25, 0.3) is 0 Å². The molecule has 2 aromatic carbocycles. The molecule has 0 aliphatic carbocycles. The zero-order valence-corrected chi connectivity index (χ0v) is 14.7. The fourth-order valence-electron chi connectivity index (χ4n) is 3.33. The minimum atomic E-state index is -0.418. The second-order valence-electron chi connectivity index (χ2n) is 6.50. The van der Waals surface area contributed by atoms with Gasteiger partial charge in [-0.1, -0.05) is 36.4 Å². The van der Waals surface area contributed by atoms with Gasteiger partial charge in [-0.2, -0.15) is 5.10 Å². The van der Waals surface area contributed by atoms with Crippen molar-refractivity contribution in [2.24, 2.45) is 0 Å². The molecule has 1 atom stereocenters. The lowest BCUT2D eigenvalue weighted by molar-refractivity contribution is -0.119. The lowest BCUT2D eigenvalue weighted by Crippen LogP contribution is -2.26. The molecule has 132 valence electrons. The largest absolute Gasteiger partial charge is 0.367 e. The van der Waals surface area contributed by atoms with Crippen molar-refractivity contribution < 1.29 is 4.79 Å². The van der Waals surface area contributed by atoms with E-state index < -0.39 is 6.04 Å². The Balaban J connectivity index is 1.52. The van der Waals surface area contributed by atoms with Gasteiger partial charge < -0.3 is 10.2 Å². The molecular formula is C20H21N5O. The zero-order chi connectivity index (χ0) is 17.9. The van der Waals surface area contributed by atoms with Gasteiger partial charge in [-0.05, 0) is 36.6 Å². The molecule has 1 amide bonds. The van der Waals surface area contributed by atoms with Crippen molar-refractivity contribution in [3.8, 4) is 0 Å². The number of nitrogens with zero attached hydrogens (tertiary/aromatic N) is 4. The van der Waals surface area contributed by atoms with E-state index in [0.29, 0.717) is 0 Å². The number of fused-ring (bicyclic) bond motifs is 1. The van der Waals surface area contributed by atoms with Crippen LogP contribution >= 0.6 is 0 Å². The van der Waals surface area contributed by atoms with Gasteiger partial charge in [-0.3, -0.25) is 4.79 Å². The van der Waals surface area contributed by atoms with Gasteiger partial charge in [-0.15, -0.1) is 0 Å². The number of para-hydroxylation sites is 2. The monoisotopic (exact) mass is 347 g/mol. The van der Waals surface area contributed by atoms with Crippen LogP contribution in [0.2, 0.25) is 0 Å². The van der Waals surface area contributed by atoms with E-state index in [4.69, 9.17) is 0 Å². The Hall–Kier alpha value is -3.15. The minimum absolute atomic E-state index is 0.107. The predicted octanol–water partition coefficient (Wildman–Crippen LogP) is 3.04. The molecule has 0 saturated carbocycles. The van der Waals surface area contributed by atoms with Crippen molar-refractivity contribution in [1.29, 1.82) is 0 Å². The van der Waals surface area contributed by atoms with E-state index in [1.165, 1.54) is 17.6 Å². The summed E-state index contributed by atoms with van der Waals surface area (Å²) in [5, 5.41) is 7.09. The van der Waals surface area contributed by atoms with Crippen molar-refractivity contribution in [3.05, 3.63) is 72.3 Å². The molecular weight excluding hydrogens is 326 g/mol. The van der Waals surface area contributed by atoms with Crippen LogP contribution in [0.4, 0.5) is 11.4 Å². The SMILES string of the molecule is C[C@H](C(=O)Nc1ccccc1CN1CCc2ccccc21)n1cncn1. The van der Waals surface area contributed by atoms with Gasteiger partial charge >= 0.3 is 0 Å². The molecule has 0 fully saturated rings. The Morgan fingerprint density at radius 3 is 2.85 bits per heavy atom. The van der Waals surface area contributed by atoms with Crippen LogP contribution in [0.3, 0.4) is 0 Å². The number of carbonyl (C=O) groups is 1. The maximum absolute atomic E-state index is 12.6. The summed E-state index contributed by atoms with van der Waals surface area (Å²) >= 11 is 0. The predicted molar refractivity (Wildman–Crippen MR) is 101 cm³/mol. The minimum Gasteiger partial charge on any atom is -0.367 e. The molecule has 3 aromatic rings. The number of anilines is 2. The number of hydrogen-bond donors (Lipinski definition) is 1. The van der Waals surface area contributed by atoms with E-state index in [2.05, 4.69) is 50.6 Å². The van der Waals surface area contributed by atoms with E-state index in [0.717, 1.165) is 30.8 Å². The summed E-state index contributed by atoms with van der Waals surface area (Å²) < 4.78 is 1.55. The fraction of sp³-hybridized carbons (Fsp3) is 0.250. The topological polar surface area (TPSA) is 63.1 Å². The Morgan fingerprint density at radius 1 is 1.19 bits per heavy atom. The van der Waals surface area contributed by atoms with Gasteiger partial charge in [-0.25, -0.2) is 9.67 Å². The summed E-state index contributed by atoms with van der Waals surface area (Å²) in [6.07, 6.45) is 4.05. The molecule has 0 unspecified atom stereocenters. The summed E-state index contributed by atoms with van der Waals surface area (Å²) in [5.41, 5.74) is 4.61. The maximum Gasteiger partial charge on any atom is 0.249 e. The fourth-order valence-corrected chi connectivity index (χ4v) is 3.33. The average molecular weight is 347 g/mol. The summed E-state index contributed by atoms with van der Waals surface area (Å²) in [6, 6.07) is 16.1. The summed E-state index contributed by atoms with van der Waals surface area (Å²) in [6.45, 7) is 3.57. The molecule has 0 spiro atoms. The number of carbonyl (C=O) groups excluding carboxylic acids is 1. The van der Waals surface area contributed by atoms with Crippen molar-refractivity contribution in [1.82, 2.24) is 14.8 Å². The third-order valence-electron chi connectivity index (χ3n) is 4.83. The van der Waals surface area contributed by atoms with E-state index in [1.807, 2.05) is 25.1 Å². The second kappa shape index (κ2) is 7.00. The standard InChI is InChI=1S/C20H21N5O/c1-15(25-14-21-13-22-25)20(26)23-18-8-4-2-7-17(18)12-24-11-10-16-6-3-5-9-19(16)24/h2-9,13-15H,10-12H2,1H3,(H,23,26)/t15-/m1/s1.